The number of hydrogen-bond acceptors (Lipinski definition) is 3. The Bertz CT molecular complexity index is 582. The van der Waals surface area contributed by atoms with Gasteiger partial charge in [-0.1, -0.05) is 0 Å². The van der Waals surface area contributed by atoms with Crippen molar-refractivity contribution in [1.82, 2.24) is 10.3 Å². The van der Waals surface area contributed by atoms with Crippen LogP contribution in [0.4, 0.5) is 10.1 Å². The standard InChI is InChI=1S/C14H16FN3.ClH/c1-10-8-14(18-6-4-16-5-7-18)12-9-11(15)2-3-13(12)17-10;/h2-3,8-9,16H,4-7H2,1H3;1H. The van der Waals surface area contributed by atoms with Crippen LogP contribution < -0.4 is 10.2 Å². The minimum atomic E-state index is -0.204. The van der Waals surface area contributed by atoms with E-state index in [0.717, 1.165) is 48.5 Å². The molecule has 0 spiro atoms. The molecule has 0 aliphatic carbocycles. The van der Waals surface area contributed by atoms with Crippen LogP contribution in [0.1, 0.15) is 5.69 Å². The number of pyridine rings is 1. The first-order chi connectivity index (χ1) is 8.74. The summed E-state index contributed by atoms with van der Waals surface area (Å²) in [4.78, 5) is 6.76. The number of halogens is 2. The highest BCUT2D eigenvalue weighted by Gasteiger charge is 2.14. The van der Waals surface area contributed by atoms with Crippen molar-refractivity contribution in [3.05, 3.63) is 35.8 Å². The van der Waals surface area contributed by atoms with Gasteiger partial charge in [-0.25, -0.2) is 4.39 Å². The topological polar surface area (TPSA) is 28.2 Å². The second-order valence-electron chi connectivity index (χ2n) is 4.68. The monoisotopic (exact) mass is 281 g/mol. The molecule has 2 aromatic rings. The van der Waals surface area contributed by atoms with Crippen molar-refractivity contribution >= 4 is 29.0 Å². The number of aryl methyl sites for hydroxylation is 1. The fourth-order valence-corrected chi connectivity index (χ4v) is 2.48. The lowest BCUT2D eigenvalue weighted by molar-refractivity contribution is 0.590. The molecule has 0 atom stereocenters. The van der Waals surface area contributed by atoms with Crippen LogP contribution in [0.5, 0.6) is 0 Å². The second kappa shape index (κ2) is 5.72. The lowest BCUT2D eigenvalue weighted by Crippen LogP contribution is -2.43. The zero-order valence-corrected chi connectivity index (χ0v) is 11.6. The van der Waals surface area contributed by atoms with E-state index in [4.69, 9.17) is 0 Å². The number of anilines is 1. The van der Waals surface area contributed by atoms with E-state index in [9.17, 15) is 4.39 Å². The van der Waals surface area contributed by atoms with Gasteiger partial charge in [0.05, 0.1) is 5.52 Å². The maximum absolute atomic E-state index is 13.4. The van der Waals surface area contributed by atoms with Gasteiger partial charge in [-0.15, -0.1) is 12.4 Å². The number of aromatic nitrogens is 1. The van der Waals surface area contributed by atoms with Crippen LogP contribution in [0, 0.1) is 12.7 Å². The first-order valence-electron chi connectivity index (χ1n) is 6.26. The molecule has 3 nitrogen and oxygen atoms in total. The Morgan fingerprint density at radius 1 is 1.21 bits per heavy atom. The van der Waals surface area contributed by atoms with Gasteiger partial charge in [0.1, 0.15) is 5.82 Å². The van der Waals surface area contributed by atoms with E-state index in [-0.39, 0.29) is 18.2 Å². The number of benzene rings is 1. The summed E-state index contributed by atoms with van der Waals surface area (Å²) >= 11 is 0. The first-order valence-corrected chi connectivity index (χ1v) is 6.26. The molecule has 5 heteroatoms. The van der Waals surface area contributed by atoms with Crippen molar-refractivity contribution in [3.63, 3.8) is 0 Å². The number of rotatable bonds is 1. The summed E-state index contributed by atoms with van der Waals surface area (Å²) in [6, 6.07) is 6.85. The summed E-state index contributed by atoms with van der Waals surface area (Å²) in [5, 5.41) is 4.23. The maximum atomic E-state index is 13.4. The van der Waals surface area contributed by atoms with E-state index in [0.29, 0.717) is 0 Å². The molecule has 19 heavy (non-hydrogen) atoms. The fourth-order valence-electron chi connectivity index (χ4n) is 2.48. The molecule has 1 saturated heterocycles. The molecule has 3 rings (SSSR count). The summed E-state index contributed by atoms with van der Waals surface area (Å²) in [6.07, 6.45) is 0. The number of fused-ring (bicyclic) bond motifs is 1. The maximum Gasteiger partial charge on any atom is 0.124 e. The molecule has 1 aliphatic heterocycles. The molecule has 2 heterocycles. The Labute approximate surface area is 118 Å². The third-order valence-corrected chi connectivity index (χ3v) is 3.33. The Kier molecular flexibility index (Phi) is 4.22. The molecule has 0 saturated carbocycles. The highest BCUT2D eigenvalue weighted by molar-refractivity contribution is 5.92. The molecular weight excluding hydrogens is 265 g/mol. The first kappa shape index (κ1) is 14.0. The molecule has 0 amide bonds. The second-order valence-corrected chi connectivity index (χ2v) is 4.68. The smallest absolute Gasteiger partial charge is 0.124 e. The lowest BCUT2D eigenvalue weighted by atomic mass is 10.1. The fraction of sp³-hybridized carbons (Fsp3) is 0.357. The van der Waals surface area contributed by atoms with Crippen LogP contribution in [0.3, 0.4) is 0 Å². The van der Waals surface area contributed by atoms with Crippen LogP contribution in [0.2, 0.25) is 0 Å². The predicted molar refractivity (Wildman–Crippen MR) is 78.8 cm³/mol. The van der Waals surface area contributed by atoms with Gasteiger partial charge in [0, 0.05) is 42.9 Å². The van der Waals surface area contributed by atoms with Gasteiger partial charge in [0.15, 0.2) is 0 Å². The van der Waals surface area contributed by atoms with Crippen molar-refractivity contribution < 1.29 is 4.39 Å². The van der Waals surface area contributed by atoms with E-state index in [1.165, 1.54) is 6.07 Å². The lowest BCUT2D eigenvalue weighted by Gasteiger charge is -2.30. The van der Waals surface area contributed by atoms with Crippen molar-refractivity contribution in [2.45, 2.75) is 6.92 Å². The zero-order valence-electron chi connectivity index (χ0n) is 10.8. The molecule has 0 radical (unpaired) electrons. The van der Waals surface area contributed by atoms with Crippen LogP contribution in [-0.4, -0.2) is 31.2 Å². The molecule has 1 aromatic carbocycles. The number of nitrogens with one attached hydrogen (secondary N) is 1. The third-order valence-electron chi connectivity index (χ3n) is 3.33. The van der Waals surface area contributed by atoms with E-state index in [1.54, 1.807) is 12.1 Å². The van der Waals surface area contributed by atoms with Gasteiger partial charge in [0.2, 0.25) is 0 Å². The Hall–Kier alpha value is -1.39. The number of piperazine rings is 1. The number of hydrogen-bond donors (Lipinski definition) is 1. The van der Waals surface area contributed by atoms with Gasteiger partial charge in [-0.05, 0) is 31.2 Å². The Morgan fingerprint density at radius 3 is 2.68 bits per heavy atom. The summed E-state index contributed by atoms with van der Waals surface area (Å²) < 4.78 is 13.4. The summed E-state index contributed by atoms with van der Waals surface area (Å²) in [5.41, 5.74) is 2.94. The zero-order chi connectivity index (χ0) is 12.5. The molecule has 0 unspecified atom stereocenters. The molecule has 1 N–H and O–H groups in total. The largest absolute Gasteiger partial charge is 0.368 e. The van der Waals surface area contributed by atoms with Crippen LogP contribution >= 0.6 is 12.4 Å². The normalized spacial score (nSPS) is 15.4. The Morgan fingerprint density at radius 2 is 1.95 bits per heavy atom. The van der Waals surface area contributed by atoms with Crippen LogP contribution in [-0.2, 0) is 0 Å². The van der Waals surface area contributed by atoms with E-state index in [1.807, 2.05) is 13.0 Å². The number of nitrogens with zero attached hydrogens (tertiary/aromatic N) is 2. The Balaban J connectivity index is 0.00000133. The van der Waals surface area contributed by atoms with Gasteiger partial charge >= 0.3 is 0 Å². The van der Waals surface area contributed by atoms with Gasteiger partial charge in [-0.3, -0.25) is 4.98 Å². The van der Waals surface area contributed by atoms with Gasteiger partial charge in [-0.2, -0.15) is 0 Å². The molecular formula is C14H17ClFN3. The summed E-state index contributed by atoms with van der Waals surface area (Å²) in [5.74, 6) is -0.204. The molecule has 1 fully saturated rings. The highest BCUT2D eigenvalue weighted by atomic mass is 35.5. The minimum absolute atomic E-state index is 0. The average molecular weight is 282 g/mol. The van der Waals surface area contributed by atoms with Crippen molar-refractivity contribution in [2.24, 2.45) is 0 Å². The summed E-state index contributed by atoms with van der Waals surface area (Å²) in [7, 11) is 0. The van der Waals surface area contributed by atoms with E-state index >= 15 is 0 Å². The minimum Gasteiger partial charge on any atom is -0.368 e. The van der Waals surface area contributed by atoms with Crippen molar-refractivity contribution in [2.75, 3.05) is 31.1 Å². The quantitative estimate of drug-likeness (QED) is 0.871. The van der Waals surface area contributed by atoms with Crippen molar-refractivity contribution in [1.29, 1.82) is 0 Å². The van der Waals surface area contributed by atoms with E-state index in [2.05, 4.69) is 15.2 Å². The SMILES string of the molecule is Cc1cc(N2CCNCC2)c2cc(F)ccc2n1.Cl. The average Bonchev–Trinajstić information content (AvgIpc) is 2.39. The third kappa shape index (κ3) is 2.80. The van der Waals surface area contributed by atoms with Gasteiger partial charge in [0.25, 0.3) is 0 Å². The summed E-state index contributed by atoms with van der Waals surface area (Å²) in [6.45, 7) is 5.83. The van der Waals surface area contributed by atoms with E-state index < -0.39 is 0 Å². The molecule has 1 aromatic heterocycles. The van der Waals surface area contributed by atoms with Gasteiger partial charge < -0.3 is 10.2 Å². The van der Waals surface area contributed by atoms with Crippen molar-refractivity contribution in [3.8, 4) is 0 Å². The molecule has 0 bridgehead atoms. The predicted octanol–water partition coefficient (Wildman–Crippen LogP) is 2.51. The van der Waals surface area contributed by atoms with Crippen LogP contribution in [0.15, 0.2) is 24.3 Å². The molecule has 1 aliphatic rings. The van der Waals surface area contributed by atoms with Crippen LogP contribution in [0.25, 0.3) is 10.9 Å². The highest BCUT2D eigenvalue weighted by Crippen LogP contribution is 2.27. The molecule has 102 valence electrons.